The van der Waals surface area contributed by atoms with E-state index < -0.39 is 6.61 Å². The van der Waals surface area contributed by atoms with Crippen LogP contribution in [0, 0.1) is 6.92 Å². The summed E-state index contributed by atoms with van der Waals surface area (Å²) in [6, 6.07) is 14.9. The number of amides is 1. The first-order valence-electron chi connectivity index (χ1n) is 9.85. The average Bonchev–Trinajstić information content (AvgIpc) is 2.72. The largest absolute Gasteiger partial charge is 0.434 e. The molecule has 2 rings (SSSR count). The Kier molecular flexibility index (Phi) is 9.57. The number of nitrogens with one attached hydrogen (secondary N) is 3. The lowest BCUT2D eigenvalue weighted by molar-refractivity contribution is -0.119. The second-order valence-corrected chi connectivity index (χ2v) is 6.62. The van der Waals surface area contributed by atoms with Crippen LogP contribution in [0.1, 0.15) is 23.6 Å². The zero-order valence-electron chi connectivity index (χ0n) is 17.3. The number of hydrogen-bond acceptors (Lipinski definition) is 3. The van der Waals surface area contributed by atoms with Crippen LogP contribution in [0.25, 0.3) is 0 Å². The van der Waals surface area contributed by atoms with Crippen molar-refractivity contribution in [2.45, 2.75) is 33.4 Å². The van der Waals surface area contributed by atoms with E-state index in [0.717, 1.165) is 17.5 Å². The van der Waals surface area contributed by atoms with Gasteiger partial charge in [0.05, 0.1) is 13.1 Å². The number of halogens is 2. The molecule has 0 heterocycles. The average molecular weight is 418 g/mol. The third-order valence-corrected chi connectivity index (χ3v) is 4.18. The maximum Gasteiger partial charge on any atom is 0.387 e. The van der Waals surface area contributed by atoms with Crippen LogP contribution in [-0.2, 0) is 17.8 Å². The molecule has 162 valence electrons. The van der Waals surface area contributed by atoms with Gasteiger partial charge >= 0.3 is 6.61 Å². The number of carbonyl (C=O) groups excluding carboxylic acids is 1. The summed E-state index contributed by atoms with van der Waals surface area (Å²) >= 11 is 0. The van der Waals surface area contributed by atoms with Crippen molar-refractivity contribution in [3.63, 3.8) is 0 Å². The molecule has 3 N–H and O–H groups in total. The van der Waals surface area contributed by atoms with Gasteiger partial charge in [-0.05, 0) is 31.9 Å². The van der Waals surface area contributed by atoms with Gasteiger partial charge in [-0.1, -0.05) is 48.0 Å². The fraction of sp³-hybridized carbons (Fsp3) is 0.364. The highest BCUT2D eigenvalue weighted by molar-refractivity contribution is 5.86. The lowest BCUT2D eigenvalue weighted by atomic mass is 10.1. The highest BCUT2D eigenvalue weighted by Gasteiger charge is 2.10. The number of guanidine groups is 1. The van der Waals surface area contributed by atoms with Crippen LogP contribution in [0.2, 0.25) is 0 Å². The topological polar surface area (TPSA) is 74.8 Å². The van der Waals surface area contributed by atoms with Gasteiger partial charge in [0.2, 0.25) is 5.91 Å². The molecule has 0 aliphatic carbocycles. The van der Waals surface area contributed by atoms with E-state index in [1.165, 1.54) is 6.07 Å². The monoisotopic (exact) mass is 418 g/mol. The Bertz CT molecular complexity index is 829. The lowest BCUT2D eigenvalue weighted by Gasteiger charge is -2.13. The van der Waals surface area contributed by atoms with Crippen molar-refractivity contribution in [3.8, 4) is 5.75 Å². The Labute approximate surface area is 175 Å². The number of rotatable bonds is 10. The minimum absolute atomic E-state index is 0.0504. The standard InChI is InChI=1S/C22H28F2N4O2/c1-3-25-22(27-14-18-13-16(2)9-10-19(18)30-21(23)24)28-15-20(29)26-12-11-17-7-5-4-6-8-17/h4-10,13,21H,3,11-12,14-15H2,1-2H3,(H,26,29)(H2,25,27,28). The Morgan fingerprint density at radius 2 is 1.87 bits per heavy atom. The Morgan fingerprint density at radius 1 is 1.10 bits per heavy atom. The molecule has 30 heavy (non-hydrogen) atoms. The molecule has 0 saturated heterocycles. The van der Waals surface area contributed by atoms with Crippen molar-refractivity contribution >= 4 is 11.9 Å². The number of nitrogens with zero attached hydrogens (tertiary/aromatic N) is 1. The summed E-state index contributed by atoms with van der Waals surface area (Å²) in [5, 5.41) is 8.84. The minimum atomic E-state index is -2.90. The molecule has 6 nitrogen and oxygen atoms in total. The van der Waals surface area contributed by atoms with Crippen LogP contribution in [0.15, 0.2) is 53.5 Å². The van der Waals surface area contributed by atoms with Crippen molar-refractivity contribution < 1.29 is 18.3 Å². The van der Waals surface area contributed by atoms with E-state index in [4.69, 9.17) is 0 Å². The first kappa shape index (κ1) is 23.1. The second-order valence-electron chi connectivity index (χ2n) is 6.62. The molecule has 0 aromatic heterocycles. The highest BCUT2D eigenvalue weighted by atomic mass is 19.3. The summed E-state index contributed by atoms with van der Waals surface area (Å²) in [4.78, 5) is 16.5. The normalized spacial score (nSPS) is 11.3. The van der Waals surface area contributed by atoms with Crippen molar-refractivity contribution in [3.05, 3.63) is 65.2 Å². The van der Waals surface area contributed by atoms with Crippen LogP contribution in [0.4, 0.5) is 8.78 Å². The fourth-order valence-corrected chi connectivity index (χ4v) is 2.77. The van der Waals surface area contributed by atoms with E-state index in [0.29, 0.717) is 24.6 Å². The number of hydrogen-bond donors (Lipinski definition) is 3. The molecule has 0 atom stereocenters. The summed E-state index contributed by atoms with van der Waals surface area (Å²) in [6.07, 6.45) is 0.751. The van der Waals surface area contributed by atoms with Crippen molar-refractivity contribution in [2.24, 2.45) is 4.99 Å². The predicted molar refractivity (Wildman–Crippen MR) is 114 cm³/mol. The highest BCUT2D eigenvalue weighted by Crippen LogP contribution is 2.22. The van der Waals surface area contributed by atoms with Gasteiger partial charge in [-0.3, -0.25) is 4.79 Å². The van der Waals surface area contributed by atoms with E-state index in [9.17, 15) is 13.6 Å². The van der Waals surface area contributed by atoms with Gasteiger partial charge in [0.15, 0.2) is 5.96 Å². The maximum absolute atomic E-state index is 12.6. The summed E-state index contributed by atoms with van der Waals surface area (Å²) in [5.74, 6) is 0.350. The Morgan fingerprint density at radius 3 is 2.57 bits per heavy atom. The zero-order chi connectivity index (χ0) is 21.8. The molecule has 0 bridgehead atoms. The van der Waals surface area contributed by atoms with Crippen molar-refractivity contribution in [2.75, 3.05) is 19.6 Å². The molecule has 0 radical (unpaired) electrons. The number of carbonyl (C=O) groups is 1. The second kappa shape index (κ2) is 12.4. The molecule has 0 spiro atoms. The van der Waals surface area contributed by atoms with E-state index in [2.05, 4.69) is 25.7 Å². The number of aliphatic imine (C=N–C) groups is 1. The summed E-state index contributed by atoms with van der Waals surface area (Å²) in [7, 11) is 0. The third-order valence-electron chi connectivity index (χ3n) is 4.18. The predicted octanol–water partition coefficient (Wildman–Crippen LogP) is 3.01. The number of alkyl halides is 2. The van der Waals surface area contributed by atoms with Gasteiger partial charge in [-0.15, -0.1) is 0 Å². The van der Waals surface area contributed by atoms with Crippen LogP contribution in [0.5, 0.6) is 5.75 Å². The van der Waals surface area contributed by atoms with Crippen LogP contribution >= 0.6 is 0 Å². The van der Waals surface area contributed by atoms with Gasteiger partial charge in [0.25, 0.3) is 0 Å². The van der Waals surface area contributed by atoms with E-state index >= 15 is 0 Å². The maximum atomic E-state index is 12.6. The quantitative estimate of drug-likeness (QED) is 0.410. The molecule has 0 saturated carbocycles. The first-order valence-corrected chi connectivity index (χ1v) is 9.85. The first-order chi connectivity index (χ1) is 14.5. The van der Waals surface area contributed by atoms with Gasteiger partial charge in [0.1, 0.15) is 5.75 Å². The molecule has 0 aliphatic heterocycles. The lowest BCUT2D eigenvalue weighted by Crippen LogP contribution is -2.43. The smallest absolute Gasteiger partial charge is 0.387 e. The van der Waals surface area contributed by atoms with Gasteiger partial charge in [-0.2, -0.15) is 8.78 Å². The molecule has 1 amide bonds. The molecule has 0 aliphatic rings. The van der Waals surface area contributed by atoms with Gasteiger partial charge < -0.3 is 20.7 Å². The Balaban J connectivity index is 1.88. The van der Waals surface area contributed by atoms with Gasteiger partial charge in [-0.25, -0.2) is 4.99 Å². The molecule has 0 fully saturated rings. The number of benzene rings is 2. The number of ether oxygens (including phenoxy) is 1. The van der Waals surface area contributed by atoms with E-state index in [1.54, 1.807) is 12.1 Å². The van der Waals surface area contributed by atoms with E-state index in [1.807, 2.05) is 44.2 Å². The zero-order valence-corrected chi connectivity index (χ0v) is 17.3. The van der Waals surface area contributed by atoms with Crippen LogP contribution < -0.4 is 20.7 Å². The molecule has 8 heteroatoms. The van der Waals surface area contributed by atoms with Crippen molar-refractivity contribution in [1.82, 2.24) is 16.0 Å². The number of aryl methyl sites for hydroxylation is 1. The summed E-state index contributed by atoms with van der Waals surface area (Å²) in [5.41, 5.74) is 2.61. The fourth-order valence-electron chi connectivity index (χ4n) is 2.77. The van der Waals surface area contributed by atoms with Crippen molar-refractivity contribution in [1.29, 1.82) is 0 Å². The SMILES string of the molecule is CCNC(=NCc1cc(C)ccc1OC(F)F)NCC(=O)NCCc1ccccc1. The Hall–Kier alpha value is -3.16. The molecule has 2 aromatic rings. The van der Waals surface area contributed by atoms with Gasteiger partial charge in [0, 0.05) is 18.7 Å². The molecular formula is C22H28F2N4O2. The van der Waals surface area contributed by atoms with Crippen LogP contribution in [0.3, 0.4) is 0 Å². The minimum Gasteiger partial charge on any atom is -0.434 e. The molecule has 0 unspecified atom stereocenters. The van der Waals surface area contributed by atoms with Crippen LogP contribution in [-0.4, -0.2) is 38.1 Å². The summed E-state index contributed by atoms with van der Waals surface area (Å²) < 4.78 is 29.8. The summed E-state index contributed by atoms with van der Waals surface area (Å²) in [6.45, 7) is 2.17. The molecule has 2 aromatic carbocycles. The molecular weight excluding hydrogens is 390 g/mol. The van der Waals surface area contributed by atoms with E-state index in [-0.39, 0.29) is 24.7 Å². The third kappa shape index (κ3) is 8.46.